The molecular formula is C11H17NO. The average Bonchev–Trinajstić information content (AvgIpc) is 2.08. The van der Waals surface area contributed by atoms with Gasteiger partial charge >= 0.3 is 0 Å². The van der Waals surface area contributed by atoms with Gasteiger partial charge in [0.25, 0.3) is 0 Å². The van der Waals surface area contributed by atoms with Crippen LogP contribution in [0.1, 0.15) is 18.1 Å². The molecule has 0 saturated heterocycles. The van der Waals surface area contributed by atoms with Gasteiger partial charge in [-0.15, -0.1) is 0 Å². The first-order valence-corrected chi connectivity index (χ1v) is 4.53. The van der Waals surface area contributed by atoms with Crippen molar-refractivity contribution in [3.63, 3.8) is 0 Å². The van der Waals surface area contributed by atoms with E-state index in [9.17, 15) is 0 Å². The van der Waals surface area contributed by atoms with E-state index in [4.69, 9.17) is 10.5 Å². The molecule has 72 valence electrons. The van der Waals surface area contributed by atoms with Crippen LogP contribution in [0.15, 0.2) is 18.2 Å². The molecule has 0 radical (unpaired) electrons. The predicted molar refractivity (Wildman–Crippen MR) is 55.1 cm³/mol. The summed E-state index contributed by atoms with van der Waals surface area (Å²) in [7, 11) is 1.69. The third-order valence-electron chi connectivity index (χ3n) is 2.16. The number of ether oxygens (including phenoxy) is 1. The minimum Gasteiger partial charge on any atom is -0.496 e. The Balaban J connectivity index is 2.94. The van der Waals surface area contributed by atoms with Crippen LogP contribution in [0.4, 0.5) is 0 Å². The SMILES string of the molecule is COc1cccc(C[C@H](C)N)c1C. The zero-order valence-corrected chi connectivity index (χ0v) is 8.50. The fourth-order valence-corrected chi connectivity index (χ4v) is 1.45. The molecule has 1 aromatic rings. The van der Waals surface area contributed by atoms with E-state index >= 15 is 0 Å². The molecule has 0 amide bonds. The molecule has 0 saturated carbocycles. The smallest absolute Gasteiger partial charge is 0.122 e. The molecule has 0 bridgehead atoms. The number of hydrogen-bond donors (Lipinski definition) is 1. The lowest BCUT2D eigenvalue weighted by Crippen LogP contribution is -2.18. The molecule has 0 fully saturated rings. The van der Waals surface area contributed by atoms with Crippen molar-refractivity contribution in [2.45, 2.75) is 26.3 Å². The molecule has 2 nitrogen and oxygen atoms in total. The highest BCUT2D eigenvalue weighted by Crippen LogP contribution is 2.21. The lowest BCUT2D eigenvalue weighted by Gasteiger charge is -2.11. The number of rotatable bonds is 3. The highest BCUT2D eigenvalue weighted by molar-refractivity contribution is 5.39. The fraction of sp³-hybridized carbons (Fsp3) is 0.455. The Morgan fingerprint density at radius 1 is 1.46 bits per heavy atom. The van der Waals surface area contributed by atoms with Crippen LogP contribution in [0.5, 0.6) is 5.75 Å². The molecule has 0 unspecified atom stereocenters. The summed E-state index contributed by atoms with van der Waals surface area (Å²) in [6, 6.07) is 6.27. The molecule has 1 aromatic carbocycles. The van der Waals surface area contributed by atoms with E-state index in [0.29, 0.717) is 0 Å². The van der Waals surface area contributed by atoms with Crippen LogP contribution in [-0.4, -0.2) is 13.2 Å². The quantitative estimate of drug-likeness (QED) is 0.769. The summed E-state index contributed by atoms with van der Waals surface area (Å²) in [5, 5.41) is 0. The van der Waals surface area contributed by atoms with Crippen LogP contribution in [0.25, 0.3) is 0 Å². The van der Waals surface area contributed by atoms with E-state index in [1.807, 2.05) is 19.1 Å². The first-order valence-electron chi connectivity index (χ1n) is 4.53. The second kappa shape index (κ2) is 4.28. The zero-order chi connectivity index (χ0) is 9.84. The molecule has 2 N–H and O–H groups in total. The Bertz CT molecular complexity index is 281. The highest BCUT2D eigenvalue weighted by Gasteiger charge is 2.05. The summed E-state index contributed by atoms with van der Waals surface area (Å²) in [4.78, 5) is 0. The summed E-state index contributed by atoms with van der Waals surface area (Å²) in [6.45, 7) is 4.08. The van der Waals surface area contributed by atoms with Crippen LogP contribution in [0.2, 0.25) is 0 Å². The highest BCUT2D eigenvalue weighted by atomic mass is 16.5. The maximum absolute atomic E-state index is 5.74. The van der Waals surface area contributed by atoms with Crippen LogP contribution in [0, 0.1) is 6.92 Å². The third-order valence-corrected chi connectivity index (χ3v) is 2.16. The summed E-state index contributed by atoms with van der Waals surface area (Å²) in [6.07, 6.45) is 0.906. The Labute approximate surface area is 79.7 Å². The van der Waals surface area contributed by atoms with Gasteiger partial charge in [-0.2, -0.15) is 0 Å². The van der Waals surface area contributed by atoms with Gasteiger partial charge < -0.3 is 10.5 Å². The van der Waals surface area contributed by atoms with Gasteiger partial charge in [-0.3, -0.25) is 0 Å². The molecule has 13 heavy (non-hydrogen) atoms. The summed E-state index contributed by atoms with van der Waals surface area (Å²) in [5.41, 5.74) is 8.21. The molecule has 1 rings (SSSR count). The molecule has 0 aliphatic heterocycles. The van der Waals surface area contributed by atoms with Gasteiger partial charge in [0, 0.05) is 6.04 Å². The van der Waals surface area contributed by atoms with Crippen LogP contribution in [0.3, 0.4) is 0 Å². The summed E-state index contributed by atoms with van der Waals surface area (Å²) in [5.74, 6) is 0.943. The van der Waals surface area contributed by atoms with Crippen molar-refractivity contribution in [2.75, 3.05) is 7.11 Å². The van der Waals surface area contributed by atoms with Crippen molar-refractivity contribution in [2.24, 2.45) is 5.73 Å². The van der Waals surface area contributed by atoms with Crippen molar-refractivity contribution in [1.82, 2.24) is 0 Å². The van der Waals surface area contributed by atoms with Crippen molar-refractivity contribution in [3.05, 3.63) is 29.3 Å². The molecule has 0 aliphatic rings. The van der Waals surface area contributed by atoms with Gasteiger partial charge in [0.1, 0.15) is 5.75 Å². The zero-order valence-electron chi connectivity index (χ0n) is 8.50. The minimum absolute atomic E-state index is 0.200. The maximum atomic E-state index is 5.74. The standard InChI is InChI=1S/C11H17NO/c1-8(12)7-10-5-4-6-11(13-3)9(10)2/h4-6,8H,7,12H2,1-3H3/t8-/m0/s1. The monoisotopic (exact) mass is 179 g/mol. The van der Waals surface area contributed by atoms with Gasteiger partial charge in [0.2, 0.25) is 0 Å². The number of methoxy groups -OCH3 is 1. The molecule has 0 spiro atoms. The summed E-state index contributed by atoms with van der Waals surface area (Å²) < 4.78 is 5.23. The number of hydrogen-bond acceptors (Lipinski definition) is 2. The molecule has 0 aliphatic carbocycles. The number of benzene rings is 1. The minimum atomic E-state index is 0.200. The average molecular weight is 179 g/mol. The lowest BCUT2D eigenvalue weighted by atomic mass is 10.0. The van der Waals surface area contributed by atoms with Crippen molar-refractivity contribution >= 4 is 0 Å². The van der Waals surface area contributed by atoms with Gasteiger partial charge in [-0.05, 0) is 37.5 Å². The maximum Gasteiger partial charge on any atom is 0.122 e. The van der Waals surface area contributed by atoms with Crippen molar-refractivity contribution < 1.29 is 4.74 Å². The first kappa shape index (κ1) is 10.1. The van der Waals surface area contributed by atoms with Crippen LogP contribution >= 0.6 is 0 Å². The van der Waals surface area contributed by atoms with Gasteiger partial charge in [0.15, 0.2) is 0 Å². The normalized spacial score (nSPS) is 12.6. The van der Waals surface area contributed by atoms with Gasteiger partial charge in [0.05, 0.1) is 7.11 Å². The van der Waals surface area contributed by atoms with Gasteiger partial charge in [-0.25, -0.2) is 0 Å². The number of nitrogens with two attached hydrogens (primary N) is 1. The Morgan fingerprint density at radius 3 is 2.69 bits per heavy atom. The Hall–Kier alpha value is -1.02. The van der Waals surface area contributed by atoms with E-state index in [1.54, 1.807) is 7.11 Å². The molecule has 0 aromatic heterocycles. The lowest BCUT2D eigenvalue weighted by molar-refractivity contribution is 0.411. The second-order valence-electron chi connectivity index (χ2n) is 3.43. The topological polar surface area (TPSA) is 35.2 Å². The van der Waals surface area contributed by atoms with Crippen LogP contribution in [-0.2, 0) is 6.42 Å². The van der Waals surface area contributed by atoms with Crippen LogP contribution < -0.4 is 10.5 Å². The second-order valence-corrected chi connectivity index (χ2v) is 3.43. The van der Waals surface area contributed by atoms with E-state index in [1.165, 1.54) is 11.1 Å². The largest absolute Gasteiger partial charge is 0.496 e. The first-order chi connectivity index (χ1) is 6.15. The molecular weight excluding hydrogens is 162 g/mol. The van der Waals surface area contributed by atoms with Gasteiger partial charge in [-0.1, -0.05) is 12.1 Å². The summed E-state index contributed by atoms with van der Waals surface area (Å²) >= 11 is 0. The van der Waals surface area contributed by atoms with Crippen molar-refractivity contribution in [3.8, 4) is 5.75 Å². The molecule has 1 atom stereocenters. The van der Waals surface area contributed by atoms with E-state index in [0.717, 1.165) is 12.2 Å². The predicted octanol–water partition coefficient (Wildman–Crippen LogP) is 1.89. The fourth-order valence-electron chi connectivity index (χ4n) is 1.45. The molecule has 2 heteroatoms. The Kier molecular flexibility index (Phi) is 3.32. The third kappa shape index (κ3) is 2.46. The van der Waals surface area contributed by atoms with E-state index in [-0.39, 0.29) is 6.04 Å². The van der Waals surface area contributed by atoms with E-state index in [2.05, 4.69) is 13.0 Å². The van der Waals surface area contributed by atoms with E-state index < -0.39 is 0 Å². The van der Waals surface area contributed by atoms with Crippen molar-refractivity contribution in [1.29, 1.82) is 0 Å². The Morgan fingerprint density at radius 2 is 2.15 bits per heavy atom. The molecule has 0 heterocycles.